The van der Waals surface area contributed by atoms with Crippen molar-refractivity contribution >= 4 is 21.9 Å². The van der Waals surface area contributed by atoms with Crippen LogP contribution in [-0.4, -0.2) is 45.7 Å². The van der Waals surface area contributed by atoms with Gasteiger partial charge >= 0.3 is 5.97 Å². The first-order chi connectivity index (χ1) is 15.4. The molecule has 0 radical (unpaired) electrons. The molecule has 2 heterocycles. The number of pyridine rings is 1. The van der Waals surface area contributed by atoms with Crippen LogP contribution in [0.2, 0.25) is 0 Å². The van der Waals surface area contributed by atoms with E-state index in [1.54, 1.807) is 36.5 Å². The number of nitrogens with zero attached hydrogens (tertiary/aromatic N) is 2. The summed E-state index contributed by atoms with van der Waals surface area (Å²) in [5.74, 6) is 0.913. The Labute approximate surface area is 190 Å². The van der Waals surface area contributed by atoms with Crippen LogP contribution in [0.5, 0.6) is 0 Å². The van der Waals surface area contributed by atoms with Gasteiger partial charge in [0, 0.05) is 19.3 Å². The Bertz CT molecular complexity index is 966. The number of esters is 1. The Hall–Kier alpha value is -2.45. The molecule has 1 aliphatic rings. The second-order valence-corrected chi connectivity index (χ2v) is 9.82. The minimum absolute atomic E-state index is 0.188. The largest absolute Gasteiger partial charge is 0.462 e. The fourth-order valence-corrected chi connectivity index (χ4v) is 4.56. The quantitative estimate of drug-likeness (QED) is 0.296. The molecule has 8 heteroatoms. The SMILES string of the molecule is CCCCOC(=O)c1ccc(N2CCC(CCOS(=O)(=O)c3ccc(C)cc3)CC2)nc1. The molecule has 1 fully saturated rings. The molecule has 7 nitrogen and oxygen atoms in total. The van der Waals surface area contributed by atoms with E-state index in [1.807, 2.05) is 19.9 Å². The molecule has 174 valence electrons. The number of hydrogen-bond donors (Lipinski definition) is 0. The van der Waals surface area contributed by atoms with E-state index in [4.69, 9.17) is 8.92 Å². The van der Waals surface area contributed by atoms with Crippen molar-refractivity contribution in [3.63, 3.8) is 0 Å². The van der Waals surface area contributed by atoms with Gasteiger partial charge in [0.2, 0.25) is 0 Å². The molecule has 3 rings (SSSR count). The van der Waals surface area contributed by atoms with E-state index in [0.29, 0.717) is 24.5 Å². The molecule has 0 aliphatic carbocycles. The van der Waals surface area contributed by atoms with Crippen molar-refractivity contribution in [1.82, 2.24) is 4.98 Å². The van der Waals surface area contributed by atoms with Gasteiger partial charge in [-0.15, -0.1) is 0 Å². The van der Waals surface area contributed by atoms with Crippen molar-refractivity contribution in [3.05, 3.63) is 53.7 Å². The molecule has 32 heavy (non-hydrogen) atoms. The van der Waals surface area contributed by atoms with Crippen LogP contribution in [0.15, 0.2) is 47.5 Å². The third kappa shape index (κ3) is 6.77. The average molecular weight is 461 g/mol. The highest BCUT2D eigenvalue weighted by molar-refractivity contribution is 7.86. The first-order valence-corrected chi connectivity index (χ1v) is 12.6. The number of anilines is 1. The lowest BCUT2D eigenvalue weighted by molar-refractivity contribution is 0.0499. The second kappa shape index (κ2) is 11.4. The highest BCUT2D eigenvalue weighted by atomic mass is 32.2. The summed E-state index contributed by atoms with van der Waals surface area (Å²) in [6, 6.07) is 10.3. The van der Waals surface area contributed by atoms with Gasteiger partial charge in [0.1, 0.15) is 5.82 Å². The summed E-state index contributed by atoms with van der Waals surface area (Å²) >= 11 is 0. The maximum Gasteiger partial charge on any atom is 0.339 e. The minimum Gasteiger partial charge on any atom is -0.462 e. The molecular weight excluding hydrogens is 428 g/mol. The molecule has 0 atom stereocenters. The van der Waals surface area contributed by atoms with Crippen LogP contribution >= 0.6 is 0 Å². The van der Waals surface area contributed by atoms with Crippen molar-refractivity contribution in [3.8, 4) is 0 Å². The number of piperidine rings is 1. The number of hydrogen-bond acceptors (Lipinski definition) is 7. The number of unbranched alkanes of at least 4 members (excludes halogenated alkanes) is 1. The van der Waals surface area contributed by atoms with E-state index in [0.717, 1.165) is 50.2 Å². The van der Waals surface area contributed by atoms with E-state index in [1.165, 1.54) is 0 Å². The standard InChI is InChI=1S/C24H32N2O5S/c1-3-4-16-30-24(27)21-7-10-23(25-18-21)26-14-11-20(12-15-26)13-17-31-32(28,29)22-8-5-19(2)6-9-22/h5-10,18,20H,3-4,11-17H2,1-2H3. The van der Waals surface area contributed by atoms with Crippen LogP contribution in [0.1, 0.15) is 54.9 Å². The zero-order valence-corrected chi connectivity index (χ0v) is 19.6. The average Bonchev–Trinajstić information content (AvgIpc) is 2.80. The van der Waals surface area contributed by atoms with E-state index < -0.39 is 10.1 Å². The number of ether oxygens (including phenoxy) is 1. The summed E-state index contributed by atoms with van der Waals surface area (Å²) in [6.07, 6.45) is 5.99. The summed E-state index contributed by atoms with van der Waals surface area (Å²) in [5.41, 5.74) is 1.47. The molecule has 0 unspecified atom stereocenters. The Morgan fingerprint density at radius 2 is 1.81 bits per heavy atom. The van der Waals surface area contributed by atoms with Crippen LogP contribution in [-0.2, 0) is 19.0 Å². The van der Waals surface area contributed by atoms with Crippen LogP contribution < -0.4 is 4.90 Å². The van der Waals surface area contributed by atoms with Gasteiger partial charge in [-0.05, 0) is 62.8 Å². The highest BCUT2D eigenvalue weighted by Crippen LogP contribution is 2.25. The Morgan fingerprint density at radius 1 is 1.09 bits per heavy atom. The lowest BCUT2D eigenvalue weighted by atomic mass is 9.94. The fraction of sp³-hybridized carbons (Fsp3) is 0.500. The first kappa shape index (κ1) is 24.2. The molecule has 1 aromatic heterocycles. The monoisotopic (exact) mass is 460 g/mol. The van der Waals surface area contributed by atoms with Gasteiger partial charge in [0.05, 0.1) is 23.7 Å². The van der Waals surface area contributed by atoms with Crippen molar-refractivity contribution in [2.75, 3.05) is 31.2 Å². The Morgan fingerprint density at radius 3 is 2.44 bits per heavy atom. The van der Waals surface area contributed by atoms with Crippen LogP contribution in [0.3, 0.4) is 0 Å². The van der Waals surface area contributed by atoms with Crippen molar-refractivity contribution in [1.29, 1.82) is 0 Å². The smallest absolute Gasteiger partial charge is 0.339 e. The fourth-order valence-electron chi connectivity index (χ4n) is 3.63. The lowest BCUT2D eigenvalue weighted by Crippen LogP contribution is -2.34. The molecule has 1 saturated heterocycles. The summed E-state index contributed by atoms with van der Waals surface area (Å²) in [6.45, 7) is 6.25. The molecule has 0 saturated carbocycles. The second-order valence-electron chi connectivity index (χ2n) is 8.20. The summed E-state index contributed by atoms with van der Waals surface area (Å²) in [5, 5.41) is 0. The van der Waals surface area contributed by atoms with Gasteiger partial charge in [-0.2, -0.15) is 8.42 Å². The normalized spacial score (nSPS) is 15.0. The summed E-state index contributed by atoms with van der Waals surface area (Å²) < 4.78 is 35.1. The lowest BCUT2D eigenvalue weighted by Gasteiger charge is -2.32. The molecular formula is C24H32N2O5S. The number of carbonyl (C=O) groups is 1. The number of benzene rings is 1. The van der Waals surface area contributed by atoms with Crippen molar-refractivity contribution in [2.45, 2.75) is 50.8 Å². The van der Waals surface area contributed by atoms with Crippen LogP contribution in [0, 0.1) is 12.8 Å². The maximum atomic E-state index is 12.3. The highest BCUT2D eigenvalue weighted by Gasteiger charge is 2.22. The number of aromatic nitrogens is 1. The van der Waals surface area contributed by atoms with Crippen molar-refractivity contribution in [2.24, 2.45) is 5.92 Å². The van der Waals surface area contributed by atoms with E-state index in [2.05, 4.69) is 9.88 Å². The van der Waals surface area contributed by atoms with Gasteiger partial charge in [-0.25, -0.2) is 9.78 Å². The summed E-state index contributed by atoms with van der Waals surface area (Å²) in [7, 11) is -3.71. The first-order valence-electron chi connectivity index (χ1n) is 11.2. The van der Waals surface area contributed by atoms with E-state index >= 15 is 0 Å². The van der Waals surface area contributed by atoms with Gasteiger partial charge in [0.25, 0.3) is 10.1 Å². The Balaban J connectivity index is 1.42. The van der Waals surface area contributed by atoms with Crippen molar-refractivity contribution < 1.29 is 22.1 Å². The molecule has 1 aromatic carbocycles. The summed E-state index contributed by atoms with van der Waals surface area (Å²) in [4.78, 5) is 18.8. The van der Waals surface area contributed by atoms with Gasteiger partial charge < -0.3 is 9.64 Å². The molecule has 0 N–H and O–H groups in total. The number of aryl methyl sites for hydroxylation is 1. The molecule has 1 aliphatic heterocycles. The van der Waals surface area contributed by atoms with E-state index in [-0.39, 0.29) is 17.5 Å². The van der Waals surface area contributed by atoms with Gasteiger partial charge in [-0.3, -0.25) is 4.18 Å². The molecule has 0 bridgehead atoms. The molecule has 0 spiro atoms. The third-order valence-electron chi connectivity index (χ3n) is 5.73. The molecule has 2 aromatic rings. The van der Waals surface area contributed by atoms with Gasteiger partial charge in [0.15, 0.2) is 0 Å². The van der Waals surface area contributed by atoms with Crippen LogP contribution in [0.25, 0.3) is 0 Å². The predicted octanol–water partition coefficient (Wildman–Crippen LogP) is 4.36. The zero-order chi connectivity index (χ0) is 23.0. The Kier molecular flexibility index (Phi) is 8.64. The zero-order valence-electron chi connectivity index (χ0n) is 18.8. The minimum atomic E-state index is -3.71. The third-order valence-corrected chi connectivity index (χ3v) is 7.05. The molecule has 0 amide bonds. The predicted molar refractivity (Wildman–Crippen MR) is 123 cm³/mol. The van der Waals surface area contributed by atoms with Crippen LogP contribution in [0.4, 0.5) is 5.82 Å². The van der Waals surface area contributed by atoms with Gasteiger partial charge in [-0.1, -0.05) is 31.0 Å². The number of carbonyl (C=O) groups excluding carboxylic acids is 1. The number of rotatable bonds is 10. The topological polar surface area (TPSA) is 85.8 Å². The maximum absolute atomic E-state index is 12.3. The van der Waals surface area contributed by atoms with E-state index in [9.17, 15) is 13.2 Å².